The van der Waals surface area contributed by atoms with Crippen LogP contribution in [0.25, 0.3) is 16.2 Å². The van der Waals surface area contributed by atoms with Crippen LogP contribution in [0.3, 0.4) is 0 Å². The summed E-state index contributed by atoms with van der Waals surface area (Å²) < 4.78 is 7.55. The Bertz CT molecular complexity index is 1170. The molecule has 3 aromatic rings. The van der Waals surface area contributed by atoms with Gasteiger partial charge in [-0.1, -0.05) is 11.3 Å². The second-order valence-corrected chi connectivity index (χ2v) is 12.3. The van der Waals surface area contributed by atoms with Crippen molar-refractivity contribution in [2.45, 2.75) is 73.7 Å². The van der Waals surface area contributed by atoms with Crippen LogP contribution in [0.2, 0.25) is 0 Å². The maximum atomic E-state index is 11.6. The second kappa shape index (κ2) is 7.19. The summed E-state index contributed by atoms with van der Waals surface area (Å²) in [6, 6.07) is 6.22. The van der Waals surface area contributed by atoms with Crippen molar-refractivity contribution in [1.82, 2.24) is 14.6 Å². The van der Waals surface area contributed by atoms with Gasteiger partial charge in [-0.05, 0) is 82.4 Å². The Balaban J connectivity index is 1.38. The molecule has 2 aromatic heterocycles. The maximum absolute atomic E-state index is 11.6. The van der Waals surface area contributed by atoms with E-state index in [1.54, 1.807) is 18.9 Å². The van der Waals surface area contributed by atoms with E-state index in [4.69, 9.17) is 14.8 Å². The molecule has 0 aliphatic heterocycles. The molecule has 170 valence electrons. The van der Waals surface area contributed by atoms with E-state index in [-0.39, 0.29) is 0 Å². The van der Waals surface area contributed by atoms with Crippen LogP contribution in [0.15, 0.2) is 23.1 Å². The van der Waals surface area contributed by atoms with Gasteiger partial charge in [0.25, 0.3) is 0 Å². The third-order valence-corrected chi connectivity index (χ3v) is 9.47. The largest absolute Gasteiger partial charge is 0.496 e. The number of aryl methyl sites for hydroxylation is 1. The first-order valence-corrected chi connectivity index (χ1v) is 13.1. The molecule has 3 fully saturated rings. The summed E-state index contributed by atoms with van der Waals surface area (Å²) in [5.41, 5.74) is 1.63. The fourth-order valence-corrected chi connectivity index (χ4v) is 8.07. The predicted molar refractivity (Wildman–Crippen MR) is 126 cm³/mol. The molecule has 6 rings (SSSR count). The highest BCUT2D eigenvalue weighted by atomic mass is 32.2. The van der Waals surface area contributed by atoms with Crippen LogP contribution in [-0.2, 0) is 5.60 Å². The average Bonchev–Trinajstić information content (AvgIpc) is 3.64. The van der Waals surface area contributed by atoms with Crippen molar-refractivity contribution < 1.29 is 14.9 Å². The number of rotatable bonds is 7. The molecule has 2 N–H and O–H groups in total. The van der Waals surface area contributed by atoms with E-state index in [9.17, 15) is 10.2 Å². The fourth-order valence-electron chi connectivity index (χ4n) is 5.17. The molecule has 3 saturated carbocycles. The number of hydrogen-bond acceptors (Lipinski definition) is 7. The molecule has 0 atom stereocenters. The number of aliphatic hydroxyl groups is 2. The van der Waals surface area contributed by atoms with Crippen LogP contribution >= 0.6 is 23.1 Å². The molecular weight excluding hydrogens is 442 g/mol. The summed E-state index contributed by atoms with van der Waals surface area (Å²) in [7, 11) is 1.70. The lowest BCUT2D eigenvalue weighted by molar-refractivity contribution is -0.0112. The van der Waals surface area contributed by atoms with E-state index in [0.29, 0.717) is 17.1 Å². The van der Waals surface area contributed by atoms with Crippen LogP contribution in [-0.4, -0.2) is 42.8 Å². The highest BCUT2D eigenvalue weighted by Gasteiger charge is 2.56. The van der Waals surface area contributed by atoms with Crippen molar-refractivity contribution in [3.05, 3.63) is 28.9 Å². The minimum absolute atomic E-state index is 0.346. The van der Waals surface area contributed by atoms with Crippen molar-refractivity contribution in [3.8, 4) is 17.0 Å². The Kier molecular flexibility index (Phi) is 4.71. The quantitative estimate of drug-likeness (QED) is 0.516. The van der Waals surface area contributed by atoms with E-state index >= 15 is 0 Å². The average molecular weight is 472 g/mol. The molecular formula is C24H29N3O3S2. The molecule has 6 nitrogen and oxygen atoms in total. The third-order valence-electron chi connectivity index (χ3n) is 7.19. The van der Waals surface area contributed by atoms with Gasteiger partial charge in [0.05, 0.1) is 29.0 Å². The Hall–Kier alpha value is -1.61. The van der Waals surface area contributed by atoms with Crippen molar-refractivity contribution in [3.63, 3.8) is 0 Å². The monoisotopic (exact) mass is 471 g/mol. The first kappa shape index (κ1) is 21.0. The number of aromatic nitrogens is 3. The lowest BCUT2D eigenvalue weighted by Crippen LogP contribution is -2.42. The SMILES string of the molecule is COc1ccc(-c2c(C)nc3sc(C(O)(C4CC4)C4CC4)nn23)cc1SC1CC(C)(O)C1. The van der Waals surface area contributed by atoms with Gasteiger partial charge in [0.1, 0.15) is 16.4 Å². The van der Waals surface area contributed by atoms with Crippen molar-refractivity contribution in [1.29, 1.82) is 0 Å². The Morgan fingerprint density at radius 2 is 1.91 bits per heavy atom. The topological polar surface area (TPSA) is 79.9 Å². The van der Waals surface area contributed by atoms with Gasteiger partial charge in [-0.15, -0.1) is 11.8 Å². The van der Waals surface area contributed by atoms with Gasteiger partial charge in [0.15, 0.2) is 0 Å². The number of imidazole rings is 1. The van der Waals surface area contributed by atoms with Crippen molar-refractivity contribution >= 4 is 28.1 Å². The maximum Gasteiger partial charge on any atom is 0.213 e. The molecule has 3 aliphatic rings. The Labute approximate surface area is 196 Å². The van der Waals surface area contributed by atoms with Crippen molar-refractivity contribution in [2.24, 2.45) is 11.8 Å². The standard InChI is InChI=1S/C24H29N3O3S2/c1-13-20(14-4-9-18(30-3)19(10-14)31-17-11-23(2,28)12-17)27-22(25-13)32-21(26-27)24(29,15-5-6-15)16-7-8-16/h4,9-10,15-17,28-29H,5-8,11-12H2,1-3H3. The Morgan fingerprint density at radius 3 is 2.50 bits per heavy atom. The molecule has 0 spiro atoms. The highest BCUT2D eigenvalue weighted by Crippen LogP contribution is 2.58. The third kappa shape index (κ3) is 3.38. The first-order chi connectivity index (χ1) is 15.3. The summed E-state index contributed by atoms with van der Waals surface area (Å²) in [4.78, 5) is 6.71. The van der Waals surface area contributed by atoms with Gasteiger partial charge < -0.3 is 14.9 Å². The predicted octanol–water partition coefficient (Wildman–Crippen LogP) is 4.79. The second-order valence-electron chi connectivity index (χ2n) is 10.0. The van der Waals surface area contributed by atoms with Gasteiger partial charge in [0, 0.05) is 10.8 Å². The van der Waals surface area contributed by atoms with Gasteiger partial charge >= 0.3 is 0 Å². The highest BCUT2D eigenvalue weighted by molar-refractivity contribution is 8.00. The molecule has 2 heterocycles. The van der Waals surface area contributed by atoms with Gasteiger partial charge in [-0.3, -0.25) is 0 Å². The van der Waals surface area contributed by atoms with Crippen LogP contribution in [0.5, 0.6) is 5.75 Å². The number of ether oxygens (including phenoxy) is 1. The van der Waals surface area contributed by atoms with Crippen LogP contribution < -0.4 is 4.74 Å². The summed E-state index contributed by atoms with van der Waals surface area (Å²) >= 11 is 3.31. The molecule has 0 bridgehead atoms. The number of benzene rings is 1. The number of hydrogen-bond donors (Lipinski definition) is 2. The molecule has 1 aromatic carbocycles. The number of fused-ring (bicyclic) bond motifs is 1. The van der Waals surface area contributed by atoms with E-state index in [1.165, 1.54) is 11.3 Å². The molecule has 8 heteroatoms. The summed E-state index contributed by atoms with van der Waals surface area (Å²) in [6.45, 7) is 3.92. The molecule has 32 heavy (non-hydrogen) atoms. The van der Waals surface area contributed by atoms with Crippen LogP contribution in [0, 0.1) is 18.8 Å². The first-order valence-electron chi connectivity index (χ1n) is 11.4. The summed E-state index contributed by atoms with van der Waals surface area (Å²) in [5, 5.41) is 27.8. The minimum Gasteiger partial charge on any atom is -0.496 e. The zero-order valence-electron chi connectivity index (χ0n) is 18.7. The zero-order valence-corrected chi connectivity index (χ0v) is 20.3. The lowest BCUT2D eigenvalue weighted by atomic mass is 9.82. The van der Waals surface area contributed by atoms with Crippen LogP contribution in [0.1, 0.15) is 56.2 Å². The summed E-state index contributed by atoms with van der Waals surface area (Å²) in [6.07, 6.45) is 5.94. The van der Waals surface area contributed by atoms with E-state index in [0.717, 1.165) is 76.1 Å². The minimum atomic E-state index is -0.779. The fraction of sp³-hybridized carbons (Fsp3) is 0.583. The van der Waals surface area contributed by atoms with Crippen LogP contribution in [0.4, 0.5) is 0 Å². The number of nitrogens with zero attached hydrogens (tertiary/aromatic N) is 3. The Morgan fingerprint density at radius 1 is 1.22 bits per heavy atom. The molecule has 0 amide bonds. The van der Waals surface area contributed by atoms with Gasteiger partial charge in [0.2, 0.25) is 4.96 Å². The lowest BCUT2D eigenvalue weighted by Gasteiger charge is -2.40. The van der Waals surface area contributed by atoms with E-state index in [1.807, 2.05) is 24.4 Å². The smallest absolute Gasteiger partial charge is 0.213 e. The molecule has 0 radical (unpaired) electrons. The van der Waals surface area contributed by atoms with Gasteiger partial charge in [-0.25, -0.2) is 9.50 Å². The zero-order chi connectivity index (χ0) is 22.3. The van der Waals surface area contributed by atoms with E-state index in [2.05, 4.69) is 12.1 Å². The summed E-state index contributed by atoms with van der Waals surface area (Å²) in [5.74, 6) is 1.54. The van der Waals surface area contributed by atoms with Gasteiger partial charge in [-0.2, -0.15) is 5.10 Å². The molecule has 0 unspecified atom stereocenters. The molecule has 0 saturated heterocycles. The van der Waals surface area contributed by atoms with E-state index < -0.39 is 11.2 Å². The number of thioether (sulfide) groups is 1. The molecule has 3 aliphatic carbocycles. The number of methoxy groups -OCH3 is 1. The van der Waals surface area contributed by atoms with Crippen molar-refractivity contribution in [2.75, 3.05) is 7.11 Å². The normalized spacial score (nSPS) is 25.8.